The number of hydrogen-bond donors (Lipinski definition) is 0. The summed E-state index contributed by atoms with van der Waals surface area (Å²) in [4.78, 5) is 25.7. The molecule has 19 heavy (non-hydrogen) atoms. The average Bonchev–Trinajstić information content (AvgIpc) is 2.48. The first kappa shape index (κ1) is 13.2. The van der Waals surface area contributed by atoms with Crippen LogP contribution < -0.4 is 4.89 Å². The Balaban J connectivity index is 2.04. The molecule has 1 aromatic carbocycles. The summed E-state index contributed by atoms with van der Waals surface area (Å²) in [6.07, 6.45) is 3.16. The number of carbonyl (C=O) groups excluding carboxylic acids is 1. The molecule has 0 atom stereocenters. The van der Waals surface area contributed by atoms with Crippen molar-refractivity contribution in [3.63, 3.8) is 0 Å². The third kappa shape index (κ3) is 3.61. The van der Waals surface area contributed by atoms with Gasteiger partial charge in [-0.05, 0) is 36.4 Å². The van der Waals surface area contributed by atoms with E-state index in [1.54, 1.807) is 42.6 Å². The largest absolute Gasteiger partial charge is 0.355 e. The van der Waals surface area contributed by atoms with Crippen molar-refractivity contribution in [2.45, 2.75) is 0 Å². The van der Waals surface area contributed by atoms with Gasteiger partial charge in [-0.2, -0.15) is 4.89 Å². The zero-order chi connectivity index (χ0) is 13.5. The third-order valence-electron chi connectivity index (χ3n) is 2.36. The number of carbonyl (C=O) groups is 1. The quantitative estimate of drug-likeness (QED) is 0.262. The summed E-state index contributed by atoms with van der Waals surface area (Å²) < 4.78 is 4.68. The normalized spacial score (nSPS) is 10.2. The van der Waals surface area contributed by atoms with Crippen molar-refractivity contribution in [3.8, 4) is 5.75 Å². The van der Waals surface area contributed by atoms with E-state index in [4.69, 9.17) is 9.78 Å². The van der Waals surface area contributed by atoms with Crippen LogP contribution in [0.15, 0.2) is 48.8 Å². The van der Waals surface area contributed by atoms with E-state index in [0.29, 0.717) is 16.9 Å². The molecule has 0 aliphatic rings. The number of methoxy groups -OCH3 is 1. The van der Waals surface area contributed by atoms with Crippen LogP contribution in [0.5, 0.6) is 5.75 Å². The Hall–Kier alpha value is -2.24. The molecule has 5 nitrogen and oxygen atoms in total. The van der Waals surface area contributed by atoms with Gasteiger partial charge in [-0.1, -0.05) is 0 Å². The maximum Gasteiger partial charge on any atom is 0.194 e. The van der Waals surface area contributed by atoms with Crippen LogP contribution in [-0.4, -0.2) is 24.7 Å². The highest BCUT2D eigenvalue weighted by atomic mass is 17.2. The van der Waals surface area contributed by atoms with Crippen molar-refractivity contribution < 1.29 is 19.3 Å². The fourth-order valence-electron chi connectivity index (χ4n) is 1.47. The second kappa shape index (κ2) is 6.63. The summed E-state index contributed by atoms with van der Waals surface area (Å²) in [5, 5.41) is 0. The number of hydrogen-bond acceptors (Lipinski definition) is 5. The molecule has 0 fully saturated rings. The number of ether oxygens (including phenoxy) is 1. The van der Waals surface area contributed by atoms with Crippen molar-refractivity contribution in [1.82, 2.24) is 4.98 Å². The number of benzene rings is 1. The first-order valence-electron chi connectivity index (χ1n) is 5.64. The van der Waals surface area contributed by atoms with Gasteiger partial charge in [-0.15, -0.1) is 0 Å². The molecule has 0 aliphatic heterocycles. The lowest BCUT2D eigenvalue weighted by molar-refractivity contribution is -0.260. The summed E-state index contributed by atoms with van der Waals surface area (Å²) in [6.45, 7) is 0.0381. The highest BCUT2D eigenvalue weighted by molar-refractivity contribution is 6.08. The van der Waals surface area contributed by atoms with E-state index < -0.39 is 0 Å². The van der Waals surface area contributed by atoms with Gasteiger partial charge in [0.2, 0.25) is 0 Å². The molecule has 0 saturated heterocycles. The molecule has 0 amide bonds. The maximum atomic E-state index is 12.1. The van der Waals surface area contributed by atoms with Crippen LogP contribution in [-0.2, 0) is 9.62 Å². The Labute approximate surface area is 110 Å². The van der Waals surface area contributed by atoms with Crippen molar-refractivity contribution >= 4 is 5.78 Å². The van der Waals surface area contributed by atoms with Crippen LogP contribution in [0.25, 0.3) is 0 Å². The van der Waals surface area contributed by atoms with Crippen LogP contribution in [0.1, 0.15) is 15.9 Å². The fraction of sp³-hybridized carbons (Fsp3) is 0.143. The smallest absolute Gasteiger partial charge is 0.194 e. The second-order valence-electron chi connectivity index (χ2n) is 3.70. The summed E-state index contributed by atoms with van der Waals surface area (Å²) in [5.41, 5.74) is 1.11. The molecule has 1 aromatic heterocycles. The standard InChI is InChI=1S/C14H13NO4/c1-17-10-18-19-13-6-4-11(5-7-13)14(16)12-3-2-8-15-9-12/h2-9H,10H2,1H3. The Morgan fingerprint density at radius 2 is 1.95 bits per heavy atom. The van der Waals surface area contributed by atoms with Gasteiger partial charge >= 0.3 is 0 Å². The second-order valence-corrected chi connectivity index (χ2v) is 3.70. The monoisotopic (exact) mass is 259 g/mol. The molecule has 1 heterocycles. The van der Waals surface area contributed by atoms with Crippen molar-refractivity contribution in [1.29, 1.82) is 0 Å². The van der Waals surface area contributed by atoms with Gasteiger partial charge in [0.25, 0.3) is 0 Å². The Bertz CT molecular complexity index is 525. The summed E-state index contributed by atoms with van der Waals surface area (Å²) in [7, 11) is 1.50. The van der Waals surface area contributed by atoms with Gasteiger partial charge in [-0.25, -0.2) is 0 Å². The summed E-state index contributed by atoms with van der Waals surface area (Å²) in [6, 6.07) is 10.1. The zero-order valence-electron chi connectivity index (χ0n) is 10.4. The molecule has 5 heteroatoms. The highest BCUT2D eigenvalue weighted by Crippen LogP contribution is 2.15. The minimum atomic E-state index is -0.0857. The minimum absolute atomic E-state index is 0.0381. The van der Waals surface area contributed by atoms with E-state index >= 15 is 0 Å². The van der Waals surface area contributed by atoms with E-state index in [2.05, 4.69) is 9.72 Å². The van der Waals surface area contributed by atoms with Crippen molar-refractivity contribution in [3.05, 3.63) is 59.9 Å². The average molecular weight is 259 g/mol. The van der Waals surface area contributed by atoms with Gasteiger partial charge in [0.1, 0.15) is 0 Å². The summed E-state index contributed by atoms with van der Waals surface area (Å²) >= 11 is 0. The van der Waals surface area contributed by atoms with E-state index in [9.17, 15) is 4.79 Å². The number of pyridine rings is 1. The molecular formula is C14H13NO4. The number of rotatable bonds is 6. The molecule has 0 bridgehead atoms. The van der Waals surface area contributed by atoms with E-state index in [-0.39, 0.29) is 12.6 Å². The molecule has 0 N–H and O–H groups in total. The van der Waals surface area contributed by atoms with Gasteiger partial charge in [-0.3, -0.25) is 9.78 Å². The van der Waals surface area contributed by atoms with Gasteiger partial charge in [0, 0.05) is 30.6 Å². The first-order valence-corrected chi connectivity index (χ1v) is 5.64. The topological polar surface area (TPSA) is 57.7 Å². The predicted molar refractivity (Wildman–Crippen MR) is 67.7 cm³/mol. The highest BCUT2D eigenvalue weighted by Gasteiger charge is 2.08. The van der Waals surface area contributed by atoms with Gasteiger partial charge in [0.05, 0.1) is 0 Å². The van der Waals surface area contributed by atoms with Crippen LogP contribution in [0.2, 0.25) is 0 Å². The predicted octanol–water partition coefficient (Wildman–Crippen LogP) is 2.23. The lowest BCUT2D eigenvalue weighted by atomic mass is 10.1. The van der Waals surface area contributed by atoms with Gasteiger partial charge in [0.15, 0.2) is 18.3 Å². The molecule has 0 spiro atoms. The first-order chi connectivity index (χ1) is 9.31. The number of ketones is 1. The molecule has 0 saturated carbocycles. The van der Waals surface area contributed by atoms with Crippen LogP contribution in [0.4, 0.5) is 0 Å². The van der Waals surface area contributed by atoms with E-state index in [1.165, 1.54) is 13.3 Å². The van der Waals surface area contributed by atoms with E-state index in [0.717, 1.165) is 0 Å². The van der Waals surface area contributed by atoms with Gasteiger partial charge < -0.3 is 9.62 Å². The van der Waals surface area contributed by atoms with Crippen molar-refractivity contribution in [2.75, 3.05) is 13.9 Å². The molecule has 98 valence electrons. The number of nitrogens with zero attached hydrogens (tertiary/aromatic N) is 1. The van der Waals surface area contributed by atoms with Crippen LogP contribution >= 0.6 is 0 Å². The van der Waals surface area contributed by atoms with E-state index in [1.807, 2.05) is 0 Å². The number of aromatic nitrogens is 1. The summed E-state index contributed by atoms with van der Waals surface area (Å²) in [5.74, 6) is 0.414. The fourth-order valence-corrected chi connectivity index (χ4v) is 1.47. The lowest BCUT2D eigenvalue weighted by Crippen LogP contribution is -2.03. The Morgan fingerprint density at radius 1 is 1.16 bits per heavy atom. The zero-order valence-corrected chi connectivity index (χ0v) is 10.4. The maximum absolute atomic E-state index is 12.1. The molecule has 0 aliphatic carbocycles. The molecule has 2 aromatic rings. The van der Waals surface area contributed by atoms with Crippen LogP contribution in [0, 0.1) is 0 Å². The molecule has 0 radical (unpaired) electrons. The van der Waals surface area contributed by atoms with Crippen LogP contribution in [0.3, 0.4) is 0 Å². The molecule has 0 unspecified atom stereocenters. The van der Waals surface area contributed by atoms with Crippen molar-refractivity contribution in [2.24, 2.45) is 0 Å². The Kier molecular flexibility index (Phi) is 4.60. The molecule has 2 rings (SSSR count). The Morgan fingerprint density at radius 3 is 2.58 bits per heavy atom. The minimum Gasteiger partial charge on any atom is -0.355 e. The lowest BCUT2D eigenvalue weighted by Gasteiger charge is -2.05. The SMILES string of the molecule is COCOOc1ccc(C(=O)c2cccnc2)cc1. The molecular weight excluding hydrogens is 246 g/mol. The third-order valence-corrected chi connectivity index (χ3v) is 2.36.